The van der Waals surface area contributed by atoms with E-state index < -0.39 is 0 Å². The number of halogens is 1. The second-order valence-electron chi connectivity index (χ2n) is 4.44. The maximum atomic E-state index is 6.32. The molecule has 0 aliphatic heterocycles. The summed E-state index contributed by atoms with van der Waals surface area (Å²) >= 11 is 6.32. The van der Waals surface area contributed by atoms with Gasteiger partial charge in [0.25, 0.3) is 0 Å². The minimum Gasteiger partial charge on any atom is -0.493 e. The number of rotatable bonds is 8. The highest BCUT2D eigenvalue weighted by atomic mass is 35.5. The summed E-state index contributed by atoms with van der Waals surface area (Å²) in [6.07, 6.45) is 0. The molecule has 0 saturated carbocycles. The van der Waals surface area contributed by atoms with Crippen molar-refractivity contribution in [3.05, 3.63) is 22.7 Å². The van der Waals surface area contributed by atoms with Crippen molar-refractivity contribution in [3.63, 3.8) is 0 Å². The van der Waals surface area contributed by atoms with E-state index in [2.05, 4.69) is 18.7 Å². The summed E-state index contributed by atoms with van der Waals surface area (Å²) in [7, 11) is 1.62. The third-order valence-electron chi connectivity index (χ3n) is 3.40. The molecule has 0 heterocycles. The van der Waals surface area contributed by atoms with Crippen molar-refractivity contribution in [2.45, 2.75) is 26.8 Å². The van der Waals surface area contributed by atoms with Crippen molar-refractivity contribution in [2.75, 3.05) is 33.4 Å². The third kappa shape index (κ3) is 3.78. The highest BCUT2D eigenvalue weighted by Gasteiger charge is 2.20. The summed E-state index contributed by atoms with van der Waals surface area (Å²) in [6, 6.07) is 4.02. The molecule has 0 aliphatic carbocycles. The lowest BCUT2D eigenvalue weighted by Crippen LogP contribution is -2.33. The summed E-state index contributed by atoms with van der Waals surface area (Å²) < 4.78 is 10.9. The van der Waals surface area contributed by atoms with Crippen LogP contribution in [-0.4, -0.2) is 38.3 Å². The zero-order valence-corrected chi connectivity index (χ0v) is 13.5. The van der Waals surface area contributed by atoms with Gasteiger partial charge in [-0.1, -0.05) is 25.4 Å². The lowest BCUT2D eigenvalue weighted by atomic mass is 10.0. The molecule has 0 fully saturated rings. The van der Waals surface area contributed by atoms with Gasteiger partial charge in [-0.15, -0.1) is 0 Å². The van der Waals surface area contributed by atoms with Gasteiger partial charge in [0.2, 0.25) is 0 Å². The Kier molecular flexibility index (Phi) is 7.13. The first kappa shape index (κ1) is 17.1. The molecule has 0 bridgehead atoms. The average molecular weight is 301 g/mol. The number of methoxy groups -OCH3 is 1. The van der Waals surface area contributed by atoms with Crippen LogP contribution in [0.15, 0.2) is 12.1 Å². The molecule has 5 heteroatoms. The molecule has 20 heavy (non-hydrogen) atoms. The van der Waals surface area contributed by atoms with Gasteiger partial charge in [-0.2, -0.15) is 0 Å². The maximum Gasteiger partial charge on any atom is 0.179 e. The van der Waals surface area contributed by atoms with Gasteiger partial charge in [-0.3, -0.25) is 4.90 Å². The Bertz CT molecular complexity index is 423. The Labute approximate surface area is 126 Å². The molecular formula is C15H25ClN2O2. The van der Waals surface area contributed by atoms with Gasteiger partial charge in [0.05, 0.1) is 18.7 Å². The molecule has 0 amide bonds. The van der Waals surface area contributed by atoms with Gasteiger partial charge >= 0.3 is 0 Å². The van der Waals surface area contributed by atoms with Gasteiger partial charge in [0.1, 0.15) is 0 Å². The molecule has 0 saturated heterocycles. The number of hydrogen-bond donors (Lipinski definition) is 1. The van der Waals surface area contributed by atoms with Gasteiger partial charge in [-0.25, -0.2) is 0 Å². The fourth-order valence-corrected chi connectivity index (χ4v) is 2.65. The molecule has 0 radical (unpaired) electrons. The molecule has 0 aliphatic rings. The molecule has 1 rings (SSSR count). The number of nitrogens with zero attached hydrogens (tertiary/aromatic N) is 1. The number of likely N-dealkylation sites (N-methyl/N-ethyl adjacent to an activating group) is 1. The van der Waals surface area contributed by atoms with E-state index in [0.29, 0.717) is 29.7 Å². The highest BCUT2D eigenvalue weighted by Crippen LogP contribution is 2.38. The summed E-state index contributed by atoms with van der Waals surface area (Å²) in [4.78, 5) is 2.30. The Morgan fingerprint density at radius 3 is 2.35 bits per heavy atom. The SMILES string of the molecule is CCOc1c(Cl)cc(C(CN)N(CC)CC)cc1OC. The van der Waals surface area contributed by atoms with Crippen LogP contribution >= 0.6 is 11.6 Å². The summed E-state index contributed by atoms with van der Waals surface area (Å²) in [5.41, 5.74) is 7.00. The van der Waals surface area contributed by atoms with Gasteiger partial charge in [0, 0.05) is 12.6 Å². The normalized spacial score (nSPS) is 12.6. The predicted molar refractivity (Wildman–Crippen MR) is 83.9 cm³/mol. The Morgan fingerprint density at radius 1 is 1.25 bits per heavy atom. The molecule has 0 aromatic heterocycles. The zero-order valence-electron chi connectivity index (χ0n) is 12.8. The minimum absolute atomic E-state index is 0.132. The summed E-state index contributed by atoms with van der Waals surface area (Å²) in [5.74, 6) is 1.25. The van der Waals surface area contributed by atoms with E-state index in [9.17, 15) is 0 Å². The predicted octanol–water partition coefficient (Wildman–Crippen LogP) is 3.09. The van der Waals surface area contributed by atoms with Crippen molar-refractivity contribution in [1.82, 2.24) is 4.90 Å². The average Bonchev–Trinajstić information content (AvgIpc) is 2.46. The van der Waals surface area contributed by atoms with Crippen LogP contribution in [0.3, 0.4) is 0 Å². The van der Waals surface area contributed by atoms with Crippen molar-refractivity contribution >= 4 is 11.6 Å². The van der Waals surface area contributed by atoms with Gasteiger partial charge in [0.15, 0.2) is 11.5 Å². The van der Waals surface area contributed by atoms with E-state index in [1.165, 1.54) is 0 Å². The van der Waals surface area contributed by atoms with Crippen molar-refractivity contribution in [2.24, 2.45) is 5.73 Å². The van der Waals surface area contributed by atoms with Gasteiger partial charge in [-0.05, 0) is 37.7 Å². The quantitative estimate of drug-likeness (QED) is 0.801. The topological polar surface area (TPSA) is 47.7 Å². The van der Waals surface area contributed by atoms with Crippen LogP contribution < -0.4 is 15.2 Å². The summed E-state index contributed by atoms with van der Waals surface area (Å²) in [5, 5.41) is 0.562. The molecule has 4 nitrogen and oxygen atoms in total. The lowest BCUT2D eigenvalue weighted by Gasteiger charge is -2.29. The van der Waals surface area contributed by atoms with E-state index >= 15 is 0 Å². The van der Waals surface area contributed by atoms with Gasteiger partial charge < -0.3 is 15.2 Å². The second kappa shape index (κ2) is 8.35. The van der Waals surface area contributed by atoms with Crippen LogP contribution in [0, 0.1) is 0 Å². The number of ether oxygens (including phenoxy) is 2. The first-order chi connectivity index (χ1) is 9.62. The first-order valence-electron chi connectivity index (χ1n) is 7.07. The molecular weight excluding hydrogens is 276 g/mol. The Hall–Kier alpha value is -0.970. The van der Waals surface area contributed by atoms with E-state index in [-0.39, 0.29) is 6.04 Å². The highest BCUT2D eigenvalue weighted by molar-refractivity contribution is 6.32. The van der Waals surface area contributed by atoms with Crippen LogP contribution in [-0.2, 0) is 0 Å². The van der Waals surface area contributed by atoms with Crippen LogP contribution in [0.4, 0.5) is 0 Å². The Balaban J connectivity index is 3.21. The molecule has 2 N–H and O–H groups in total. The van der Waals surface area contributed by atoms with Crippen LogP contribution in [0.25, 0.3) is 0 Å². The number of benzene rings is 1. The van der Waals surface area contributed by atoms with Crippen molar-refractivity contribution in [3.8, 4) is 11.5 Å². The van der Waals surface area contributed by atoms with Crippen molar-refractivity contribution < 1.29 is 9.47 Å². The smallest absolute Gasteiger partial charge is 0.179 e. The fraction of sp³-hybridized carbons (Fsp3) is 0.600. The lowest BCUT2D eigenvalue weighted by molar-refractivity contribution is 0.223. The molecule has 1 aromatic rings. The third-order valence-corrected chi connectivity index (χ3v) is 3.68. The molecule has 1 aromatic carbocycles. The molecule has 1 atom stereocenters. The minimum atomic E-state index is 0.132. The van der Waals surface area contributed by atoms with E-state index in [1.807, 2.05) is 19.1 Å². The van der Waals surface area contributed by atoms with E-state index in [4.69, 9.17) is 26.8 Å². The summed E-state index contributed by atoms with van der Waals surface area (Å²) in [6.45, 7) is 9.12. The molecule has 0 spiro atoms. The second-order valence-corrected chi connectivity index (χ2v) is 4.85. The number of hydrogen-bond acceptors (Lipinski definition) is 4. The largest absolute Gasteiger partial charge is 0.493 e. The van der Waals surface area contributed by atoms with E-state index in [0.717, 1.165) is 18.7 Å². The zero-order chi connectivity index (χ0) is 15.1. The Morgan fingerprint density at radius 2 is 1.90 bits per heavy atom. The maximum absolute atomic E-state index is 6.32. The van der Waals surface area contributed by atoms with Crippen molar-refractivity contribution in [1.29, 1.82) is 0 Å². The number of nitrogens with two attached hydrogens (primary N) is 1. The van der Waals surface area contributed by atoms with E-state index in [1.54, 1.807) is 7.11 Å². The first-order valence-corrected chi connectivity index (χ1v) is 7.44. The van der Waals surface area contributed by atoms with Crippen LogP contribution in [0.1, 0.15) is 32.4 Å². The van der Waals surface area contributed by atoms with Crippen LogP contribution in [0.5, 0.6) is 11.5 Å². The molecule has 1 unspecified atom stereocenters. The van der Waals surface area contributed by atoms with Crippen LogP contribution in [0.2, 0.25) is 5.02 Å². The monoisotopic (exact) mass is 300 g/mol. The molecule has 114 valence electrons. The fourth-order valence-electron chi connectivity index (χ4n) is 2.38. The standard InChI is InChI=1S/C15H25ClN2O2/c1-5-18(6-2)13(10-17)11-8-12(16)15(20-7-3)14(9-11)19-4/h8-9,13H,5-7,10,17H2,1-4H3.